The van der Waals surface area contributed by atoms with E-state index in [9.17, 15) is 4.79 Å². The molecule has 0 spiro atoms. The molecule has 0 bridgehead atoms. The van der Waals surface area contributed by atoms with Crippen molar-refractivity contribution in [1.82, 2.24) is 0 Å². The van der Waals surface area contributed by atoms with Crippen LogP contribution in [0, 0.1) is 0 Å². The van der Waals surface area contributed by atoms with Crippen LogP contribution in [0.2, 0.25) is 0 Å². The van der Waals surface area contributed by atoms with Crippen molar-refractivity contribution in [3.8, 4) is 0 Å². The maximum absolute atomic E-state index is 10.9. The minimum Gasteiger partial charge on any atom is -0.293 e. The number of rotatable bonds is 10. The van der Waals surface area contributed by atoms with Gasteiger partial charge in [-0.05, 0) is 13.3 Å². The van der Waals surface area contributed by atoms with Gasteiger partial charge in [0, 0.05) is 5.57 Å². The molecule has 3 nitrogen and oxygen atoms in total. The summed E-state index contributed by atoms with van der Waals surface area (Å²) in [6.45, 7) is 7.75. The molecule has 0 N–H and O–H groups in total. The van der Waals surface area contributed by atoms with Crippen LogP contribution in [-0.4, -0.2) is 12.6 Å². The first-order valence-electron chi connectivity index (χ1n) is 6.17. The lowest BCUT2D eigenvalue weighted by molar-refractivity contribution is -0.268. The van der Waals surface area contributed by atoms with Crippen molar-refractivity contribution in [2.75, 3.05) is 6.61 Å². The third-order valence-electron chi connectivity index (χ3n) is 2.31. The summed E-state index contributed by atoms with van der Waals surface area (Å²) in [6, 6.07) is 0. The van der Waals surface area contributed by atoms with E-state index in [1.165, 1.54) is 32.1 Å². The number of hydrogen-bond acceptors (Lipinski definition) is 3. The second kappa shape index (κ2) is 10.7. The molecule has 0 saturated heterocycles. The maximum atomic E-state index is 10.9. The highest BCUT2D eigenvalue weighted by Crippen LogP contribution is 2.07. The molecular formula is C13H24O3. The van der Waals surface area contributed by atoms with Crippen molar-refractivity contribution in [1.29, 1.82) is 0 Å². The van der Waals surface area contributed by atoms with Gasteiger partial charge in [-0.3, -0.25) is 4.89 Å². The van der Waals surface area contributed by atoms with Crippen LogP contribution in [0.5, 0.6) is 0 Å². The molecular weight excluding hydrogens is 204 g/mol. The fourth-order valence-corrected chi connectivity index (χ4v) is 1.28. The normalized spacial score (nSPS) is 10.1. The molecule has 0 radical (unpaired) electrons. The van der Waals surface area contributed by atoms with Crippen molar-refractivity contribution < 1.29 is 14.6 Å². The average Bonchev–Trinajstić information content (AvgIpc) is 2.26. The Bertz CT molecular complexity index is 199. The molecule has 0 aliphatic carbocycles. The molecule has 0 rings (SSSR count). The third kappa shape index (κ3) is 9.71. The molecule has 0 heterocycles. The second-order valence-corrected chi connectivity index (χ2v) is 4.09. The Balaban J connectivity index is 3.10. The summed E-state index contributed by atoms with van der Waals surface area (Å²) in [5.74, 6) is -0.483. The monoisotopic (exact) mass is 228 g/mol. The van der Waals surface area contributed by atoms with Gasteiger partial charge in [-0.15, -0.1) is 0 Å². The Morgan fingerprint density at radius 1 is 1.06 bits per heavy atom. The first kappa shape index (κ1) is 15.2. The first-order chi connectivity index (χ1) is 7.68. The van der Waals surface area contributed by atoms with E-state index in [0.717, 1.165) is 12.8 Å². The van der Waals surface area contributed by atoms with Crippen molar-refractivity contribution in [3.05, 3.63) is 12.2 Å². The van der Waals surface area contributed by atoms with Gasteiger partial charge in [0.15, 0.2) is 0 Å². The molecule has 0 aromatic rings. The Hall–Kier alpha value is -0.830. The summed E-state index contributed by atoms with van der Waals surface area (Å²) >= 11 is 0. The molecule has 94 valence electrons. The van der Waals surface area contributed by atoms with E-state index in [2.05, 4.69) is 18.4 Å². The van der Waals surface area contributed by atoms with Gasteiger partial charge in [0.1, 0.15) is 0 Å². The van der Waals surface area contributed by atoms with Crippen LogP contribution in [-0.2, 0) is 14.6 Å². The van der Waals surface area contributed by atoms with Gasteiger partial charge in [-0.1, -0.05) is 52.0 Å². The molecule has 0 fully saturated rings. The highest BCUT2D eigenvalue weighted by atomic mass is 17.2. The Morgan fingerprint density at radius 3 is 2.19 bits per heavy atom. The molecule has 0 aromatic heterocycles. The molecule has 0 unspecified atom stereocenters. The molecule has 0 atom stereocenters. The van der Waals surface area contributed by atoms with Crippen molar-refractivity contribution in [2.45, 2.75) is 58.8 Å². The zero-order valence-corrected chi connectivity index (χ0v) is 10.6. The Morgan fingerprint density at radius 2 is 1.62 bits per heavy atom. The zero-order chi connectivity index (χ0) is 12.2. The standard InChI is InChI=1S/C13H24O3/c1-4-5-6-7-8-9-10-11-15-16-13(14)12(2)3/h2,4-11H2,1,3H3. The van der Waals surface area contributed by atoms with Crippen molar-refractivity contribution in [3.63, 3.8) is 0 Å². The fourth-order valence-electron chi connectivity index (χ4n) is 1.28. The summed E-state index contributed by atoms with van der Waals surface area (Å²) in [6.07, 6.45) is 8.52. The van der Waals surface area contributed by atoms with Crippen LogP contribution in [0.4, 0.5) is 0 Å². The van der Waals surface area contributed by atoms with Crippen LogP contribution in [0.3, 0.4) is 0 Å². The molecule has 0 aliphatic heterocycles. The van der Waals surface area contributed by atoms with Gasteiger partial charge in [0.25, 0.3) is 0 Å². The number of carbonyl (C=O) groups excluding carboxylic acids is 1. The highest BCUT2D eigenvalue weighted by Gasteiger charge is 2.03. The number of hydrogen-bond donors (Lipinski definition) is 0. The second-order valence-electron chi connectivity index (χ2n) is 4.09. The molecule has 0 amide bonds. The maximum Gasteiger partial charge on any atom is 0.368 e. The van der Waals surface area contributed by atoms with E-state index in [-0.39, 0.29) is 0 Å². The van der Waals surface area contributed by atoms with Crippen LogP contribution >= 0.6 is 0 Å². The molecule has 0 aliphatic rings. The SMILES string of the molecule is C=C(C)C(=O)OOCCCCCCCCC. The lowest BCUT2D eigenvalue weighted by atomic mass is 10.1. The smallest absolute Gasteiger partial charge is 0.293 e. The number of carbonyl (C=O) groups is 1. The van der Waals surface area contributed by atoms with Crippen molar-refractivity contribution >= 4 is 5.97 Å². The summed E-state index contributed by atoms with van der Waals surface area (Å²) in [5.41, 5.74) is 0.361. The molecule has 3 heteroatoms. The van der Waals surface area contributed by atoms with Gasteiger partial charge < -0.3 is 0 Å². The molecule has 16 heavy (non-hydrogen) atoms. The van der Waals surface area contributed by atoms with Gasteiger partial charge in [0.2, 0.25) is 0 Å². The summed E-state index contributed by atoms with van der Waals surface area (Å²) in [7, 11) is 0. The quantitative estimate of drug-likeness (QED) is 0.247. The van der Waals surface area contributed by atoms with E-state index in [1.807, 2.05) is 0 Å². The van der Waals surface area contributed by atoms with Crippen LogP contribution in [0.25, 0.3) is 0 Å². The lowest BCUT2D eigenvalue weighted by Gasteiger charge is -2.03. The fraction of sp³-hybridized carbons (Fsp3) is 0.769. The highest BCUT2D eigenvalue weighted by molar-refractivity contribution is 5.86. The average molecular weight is 228 g/mol. The topological polar surface area (TPSA) is 35.5 Å². The van der Waals surface area contributed by atoms with E-state index in [4.69, 9.17) is 4.89 Å². The van der Waals surface area contributed by atoms with Crippen LogP contribution < -0.4 is 0 Å². The number of unbranched alkanes of at least 4 members (excludes halogenated alkanes) is 6. The largest absolute Gasteiger partial charge is 0.368 e. The summed E-state index contributed by atoms with van der Waals surface area (Å²) in [4.78, 5) is 20.2. The van der Waals surface area contributed by atoms with Gasteiger partial charge in [0.05, 0.1) is 6.61 Å². The summed E-state index contributed by atoms with van der Waals surface area (Å²) < 4.78 is 0. The molecule has 0 aromatic carbocycles. The predicted molar refractivity (Wildman–Crippen MR) is 64.9 cm³/mol. The van der Waals surface area contributed by atoms with E-state index < -0.39 is 5.97 Å². The summed E-state index contributed by atoms with van der Waals surface area (Å²) in [5, 5.41) is 0. The van der Waals surface area contributed by atoms with Gasteiger partial charge in [-0.2, -0.15) is 4.89 Å². The minimum absolute atomic E-state index is 0.361. The Labute approximate surface area is 98.7 Å². The van der Waals surface area contributed by atoms with E-state index >= 15 is 0 Å². The minimum atomic E-state index is -0.483. The predicted octanol–water partition coefficient (Wildman–Crippen LogP) is 3.79. The first-order valence-corrected chi connectivity index (χ1v) is 6.17. The Kier molecular flexibility index (Phi) is 10.1. The van der Waals surface area contributed by atoms with E-state index in [1.54, 1.807) is 6.92 Å². The van der Waals surface area contributed by atoms with Gasteiger partial charge >= 0.3 is 5.97 Å². The van der Waals surface area contributed by atoms with E-state index in [0.29, 0.717) is 12.2 Å². The third-order valence-corrected chi connectivity index (χ3v) is 2.31. The van der Waals surface area contributed by atoms with Gasteiger partial charge in [-0.25, -0.2) is 4.79 Å². The van der Waals surface area contributed by atoms with Crippen LogP contribution in [0.15, 0.2) is 12.2 Å². The van der Waals surface area contributed by atoms with Crippen LogP contribution in [0.1, 0.15) is 58.8 Å². The van der Waals surface area contributed by atoms with Crippen molar-refractivity contribution in [2.24, 2.45) is 0 Å². The lowest BCUT2D eigenvalue weighted by Crippen LogP contribution is -2.06. The zero-order valence-electron chi connectivity index (χ0n) is 10.6. The molecule has 0 saturated carbocycles.